The molecular formula is C14H18BrN5. The molecule has 1 aromatic rings. The van der Waals surface area contributed by atoms with Gasteiger partial charge in [-0.15, -0.1) is 0 Å². The standard InChI is InChI=1S/C14H18BrN5/c15-10-6-2-3-7-11(10)20-13(17)18-12(16)19-14(20)8-4-1-5-9-14/h2-3,6-7H,1,4-5,8-9H2,(H4,16,17,18,19). The average Bonchev–Trinajstić information content (AvgIpc) is 2.41. The molecule has 20 heavy (non-hydrogen) atoms. The number of nitrogens with zero attached hydrogens (tertiary/aromatic N) is 3. The van der Waals surface area contributed by atoms with Crippen LogP contribution in [0.25, 0.3) is 0 Å². The maximum Gasteiger partial charge on any atom is 0.220 e. The second kappa shape index (κ2) is 5.09. The van der Waals surface area contributed by atoms with Crippen LogP contribution in [0.3, 0.4) is 0 Å². The molecule has 1 spiro atoms. The lowest BCUT2D eigenvalue weighted by molar-refractivity contribution is 0.305. The van der Waals surface area contributed by atoms with E-state index in [0.29, 0.717) is 5.96 Å². The maximum absolute atomic E-state index is 6.17. The molecule has 1 fully saturated rings. The number of nitrogens with two attached hydrogens (primary N) is 2. The van der Waals surface area contributed by atoms with Gasteiger partial charge in [0.15, 0.2) is 0 Å². The van der Waals surface area contributed by atoms with Gasteiger partial charge >= 0.3 is 0 Å². The number of anilines is 1. The molecule has 4 N–H and O–H groups in total. The van der Waals surface area contributed by atoms with Gasteiger partial charge in [-0.05, 0) is 53.7 Å². The summed E-state index contributed by atoms with van der Waals surface area (Å²) in [4.78, 5) is 10.8. The Labute approximate surface area is 126 Å². The van der Waals surface area contributed by atoms with Gasteiger partial charge in [-0.1, -0.05) is 18.6 Å². The van der Waals surface area contributed by atoms with E-state index in [1.165, 1.54) is 6.42 Å². The summed E-state index contributed by atoms with van der Waals surface area (Å²) < 4.78 is 0.985. The Kier molecular flexibility index (Phi) is 3.41. The monoisotopic (exact) mass is 335 g/mol. The fourth-order valence-corrected chi connectivity index (χ4v) is 3.57. The Morgan fingerprint density at radius 2 is 1.80 bits per heavy atom. The highest BCUT2D eigenvalue weighted by Gasteiger charge is 2.43. The van der Waals surface area contributed by atoms with Crippen LogP contribution in [0.15, 0.2) is 38.7 Å². The molecule has 106 valence electrons. The van der Waals surface area contributed by atoms with Gasteiger partial charge in [-0.3, -0.25) is 4.90 Å². The molecule has 3 rings (SSSR count). The van der Waals surface area contributed by atoms with Crippen molar-refractivity contribution in [3.05, 3.63) is 28.7 Å². The van der Waals surface area contributed by atoms with E-state index in [0.717, 1.165) is 35.8 Å². The zero-order valence-electron chi connectivity index (χ0n) is 11.2. The summed E-state index contributed by atoms with van der Waals surface area (Å²) in [6.45, 7) is 0. The summed E-state index contributed by atoms with van der Waals surface area (Å²) in [5.74, 6) is 0.707. The molecule has 2 aliphatic rings. The van der Waals surface area contributed by atoms with Crippen molar-refractivity contribution in [1.82, 2.24) is 0 Å². The molecule has 1 heterocycles. The topological polar surface area (TPSA) is 80.0 Å². The van der Waals surface area contributed by atoms with Crippen LogP contribution < -0.4 is 16.4 Å². The Morgan fingerprint density at radius 3 is 2.50 bits per heavy atom. The van der Waals surface area contributed by atoms with Gasteiger partial charge in [0.1, 0.15) is 5.66 Å². The van der Waals surface area contributed by atoms with Crippen molar-refractivity contribution >= 4 is 33.5 Å². The summed E-state index contributed by atoms with van der Waals surface area (Å²) in [7, 11) is 0. The van der Waals surface area contributed by atoms with Gasteiger partial charge in [0.2, 0.25) is 11.9 Å². The van der Waals surface area contributed by atoms with Gasteiger partial charge < -0.3 is 11.5 Å². The molecule has 1 aliphatic heterocycles. The Bertz CT molecular complexity index is 575. The Morgan fingerprint density at radius 1 is 1.10 bits per heavy atom. The first-order valence-corrected chi connectivity index (χ1v) is 7.66. The van der Waals surface area contributed by atoms with Crippen molar-refractivity contribution in [2.75, 3.05) is 4.90 Å². The number of halogens is 1. The highest BCUT2D eigenvalue weighted by Crippen LogP contribution is 2.41. The molecule has 0 unspecified atom stereocenters. The fourth-order valence-electron chi connectivity index (χ4n) is 3.10. The van der Waals surface area contributed by atoms with Crippen LogP contribution in [0.2, 0.25) is 0 Å². The average molecular weight is 336 g/mol. The summed E-state index contributed by atoms with van der Waals surface area (Å²) in [6, 6.07) is 8.00. The van der Waals surface area contributed by atoms with Crippen LogP contribution in [0.1, 0.15) is 32.1 Å². The van der Waals surface area contributed by atoms with Gasteiger partial charge in [-0.2, -0.15) is 4.99 Å². The molecular weight excluding hydrogens is 318 g/mol. The maximum atomic E-state index is 6.17. The van der Waals surface area contributed by atoms with Crippen molar-refractivity contribution in [3.63, 3.8) is 0 Å². The number of benzene rings is 1. The first-order chi connectivity index (χ1) is 9.62. The predicted molar refractivity (Wildman–Crippen MR) is 85.7 cm³/mol. The molecule has 0 bridgehead atoms. The van der Waals surface area contributed by atoms with Crippen molar-refractivity contribution in [2.45, 2.75) is 37.8 Å². The van der Waals surface area contributed by atoms with E-state index < -0.39 is 0 Å². The molecule has 0 atom stereocenters. The van der Waals surface area contributed by atoms with Crippen LogP contribution in [0.5, 0.6) is 0 Å². The van der Waals surface area contributed by atoms with Crippen LogP contribution in [0, 0.1) is 0 Å². The molecule has 1 saturated carbocycles. The third-order valence-corrected chi connectivity index (χ3v) is 4.62. The van der Waals surface area contributed by atoms with Gasteiger partial charge in [0.05, 0.1) is 5.69 Å². The smallest absolute Gasteiger partial charge is 0.220 e. The molecule has 1 aliphatic carbocycles. The minimum atomic E-state index is -0.377. The predicted octanol–water partition coefficient (Wildman–Crippen LogP) is 2.56. The number of aliphatic imine (C=N–C) groups is 2. The number of rotatable bonds is 1. The summed E-state index contributed by atoms with van der Waals surface area (Å²) in [5, 5.41) is 0. The number of para-hydroxylation sites is 1. The minimum Gasteiger partial charge on any atom is -0.369 e. The summed E-state index contributed by atoms with van der Waals surface area (Å²) in [6.07, 6.45) is 5.39. The summed E-state index contributed by atoms with van der Waals surface area (Å²) in [5.41, 5.74) is 12.6. The van der Waals surface area contributed by atoms with Crippen molar-refractivity contribution < 1.29 is 0 Å². The van der Waals surface area contributed by atoms with Gasteiger partial charge in [0.25, 0.3) is 0 Å². The SMILES string of the molecule is NC1=NC2(CCCCC2)N(c2ccccc2Br)C(N)=N1. The van der Waals surface area contributed by atoms with E-state index in [1.807, 2.05) is 29.2 Å². The zero-order chi connectivity index (χ0) is 14.2. The fraction of sp³-hybridized carbons (Fsp3) is 0.429. The lowest BCUT2D eigenvalue weighted by Gasteiger charge is -2.45. The second-order valence-electron chi connectivity index (χ2n) is 5.27. The van der Waals surface area contributed by atoms with E-state index in [9.17, 15) is 0 Å². The van der Waals surface area contributed by atoms with Crippen LogP contribution >= 0.6 is 15.9 Å². The molecule has 1 aromatic carbocycles. The third-order valence-electron chi connectivity index (χ3n) is 3.94. The first-order valence-electron chi connectivity index (χ1n) is 6.87. The van der Waals surface area contributed by atoms with Gasteiger partial charge in [-0.25, -0.2) is 4.99 Å². The number of guanidine groups is 2. The van der Waals surface area contributed by atoms with E-state index in [-0.39, 0.29) is 11.6 Å². The van der Waals surface area contributed by atoms with Crippen molar-refractivity contribution in [2.24, 2.45) is 21.5 Å². The highest BCUT2D eigenvalue weighted by atomic mass is 79.9. The number of hydrogen-bond acceptors (Lipinski definition) is 5. The summed E-state index contributed by atoms with van der Waals surface area (Å²) >= 11 is 3.59. The highest BCUT2D eigenvalue weighted by molar-refractivity contribution is 9.10. The molecule has 0 amide bonds. The first kappa shape index (κ1) is 13.4. The van der Waals surface area contributed by atoms with E-state index in [1.54, 1.807) is 0 Å². The normalized spacial score (nSPS) is 21.6. The van der Waals surface area contributed by atoms with Gasteiger partial charge in [0, 0.05) is 4.47 Å². The molecule has 0 radical (unpaired) electrons. The third kappa shape index (κ3) is 2.18. The van der Waals surface area contributed by atoms with Crippen LogP contribution in [-0.4, -0.2) is 17.6 Å². The quantitative estimate of drug-likeness (QED) is 0.827. The lowest BCUT2D eigenvalue weighted by atomic mass is 9.87. The second-order valence-corrected chi connectivity index (χ2v) is 6.12. The van der Waals surface area contributed by atoms with Crippen LogP contribution in [0.4, 0.5) is 5.69 Å². The largest absolute Gasteiger partial charge is 0.369 e. The Balaban J connectivity index is 2.11. The molecule has 0 saturated heterocycles. The van der Waals surface area contributed by atoms with Crippen molar-refractivity contribution in [1.29, 1.82) is 0 Å². The molecule has 6 heteroatoms. The van der Waals surface area contributed by atoms with Crippen LogP contribution in [-0.2, 0) is 0 Å². The minimum absolute atomic E-state index is 0.285. The molecule has 5 nitrogen and oxygen atoms in total. The van der Waals surface area contributed by atoms with E-state index in [4.69, 9.17) is 11.5 Å². The Hall–Kier alpha value is -1.56. The molecule has 0 aromatic heterocycles. The zero-order valence-corrected chi connectivity index (χ0v) is 12.8. The van der Waals surface area contributed by atoms with E-state index >= 15 is 0 Å². The number of hydrogen-bond donors (Lipinski definition) is 2. The van der Waals surface area contributed by atoms with E-state index in [2.05, 4.69) is 25.9 Å². The lowest BCUT2D eigenvalue weighted by Crippen LogP contribution is -2.58. The van der Waals surface area contributed by atoms with Crippen molar-refractivity contribution in [3.8, 4) is 0 Å².